The van der Waals surface area contributed by atoms with E-state index in [1.165, 1.54) is 31.5 Å². The molecule has 0 spiro atoms. The molecule has 1 fully saturated rings. The van der Waals surface area contributed by atoms with Gasteiger partial charge < -0.3 is 14.4 Å². The van der Waals surface area contributed by atoms with Crippen LogP contribution in [0.4, 0.5) is 0 Å². The van der Waals surface area contributed by atoms with Gasteiger partial charge in [0.15, 0.2) is 0 Å². The van der Waals surface area contributed by atoms with E-state index in [1.807, 2.05) is 13.0 Å². The van der Waals surface area contributed by atoms with Gasteiger partial charge in [-0.25, -0.2) is 0 Å². The van der Waals surface area contributed by atoms with Crippen molar-refractivity contribution in [2.24, 2.45) is 0 Å². The largest absolute Gasteiger partial charge is 0.488 e. The van der Waals surface area contributed by atoms with E-state index in [0.717, 1.165) is 5.75 Å². The third kappa shape index (κ3) is 4.22. The minimum absolute atomic E-state index is 0.0951. The van der Waals surface area contributed by atoms with Gasteiger partial charge in [-0.05, 0) is 63.5 Å². The molecule has 0 radical (unpaired) electrons. The molecule has 1 saturated heterocycles. The van der Waals surface area contributed by atoms with Gasteiger partial charge in [-0.15, -0.1) is 0 Å². The lowest BCUT2D eigenvalue weighted by atomic mass is 9.89. The van der Waals surface area contributed by atoms with Gasteiger partial charge in [0, 0.05) is 7.11 Å². The molecule has 1 aliphatic heterocycles. The SMILES string of the molecule is COCC(C)Oc1cccc(C2CCN(C)CC2)c1. The molecule has 0 aliphatic carbocycles. The zero-order chi connectivity index (χ0) is 13.7. The van der Waals surface area contributed by atoms with Crippen molar-refractivity contribution in [3.63, 3.8) is 0 Å². The first-order valence-electron chi connectivity index (χ1n) is 7.13. The van der Waals surface area contributed by atoms with Gasteiger partial charge in [0.2, 0.25) is 0 Å². The average molecular weight is 263 g/mol. The second kappa shape index (κ2) is 6.92. The number of hydrogen-bond acceptors (Lipinski definition) is 3. The number of nitrogens with zero attached hydrogens (tertiary/aromatic N) is 1. The summed E-state index contributed by atoms with van der Waals surface area (Å²) in [7, 11) is 3.90. The van der Waals surface area contributed by atoms with Gasteiger partial charge in [0.1, 0.15) is 11.9 Å². The molecule has 1 aromatic carbocycles. The van der Waals surface area contributed by atoms with Gasteiger partial charge >= 0.3 is 0 Å². The number of piperidine rings is 1. The molecule has 19 heavy (non-hydrogen) atoms. The Morgan fingerprint density at radius 1 is 1.32 bits per heavy atom. The molecular weight excluding hydrogens is 238 g/mol. The van der Waals surface area contributed by atoms with Gasteiger partial charge in [0.05, 0.1) is 6.61 Å². The Hall–Kier alpha value is -1.06. The lowest BCUT2D eigenvalue weighted by molar-refractivity contribution is 0.0920. The van der Waals surface area contributed by atoms with Crippen molar-refractivity contribution in [3.05, 3.63) is 29.8 Å². The van der Waals surface area contributed by atoms with Crippen molar-refractivity contribution in [1.29, 1.82) is 0 Å². The summed E-state index contributed by atoms with van der Waals surface area (Å²) in [6.45, 7) is 5.04. The Kier molecular flexibility index (Phi) is 5.23. The van der Waals surface area contributed by atoms with Crippen molar-refractivity contribution in [2.75, 3.05) is 33.9 Å². The van der Waals surface area contributed by atoms with Crippen LogP contribution in [-0.2, 0) is 4.74 Å². The van der Waals surface area contributed by atoms with E-state index in [-0.39, 0.29) is 6.10 Å². The molecule has 0 amide bonds. The van der Waals surface area contributed by atoms with Crippen LogP contribution in [0.5, 0.6) is 5.75 Å². The van der Waals surface area contributed by atoms with E-state index in [2.05, 4.69) is 30.1 Å². The molecule has 3 heteroatoms. The maximum atomic E-state index is 5.87. The number of rotatable bonds is 5. The molecule has 1 unspecified atom stereocenters. The van der Waals surface area contributed by atoms with Crippen LogP contribution >= 0.6 is 0 Å². The van der Waals surface area contributed by atoms with Crippen LogP contribution in [-0.4, -0.2) is 44.9 Å². The van der Waals surface area contributed by atoms with Gasteiger partial charge in [-0.2, -0.15) is 0 Å². The standard InChI is InChI=1S/C16H25NO2/c1-13(12-18-3)19-16-6-4-5-15(11-16)14-7-9-17(2)10-8-14/h4-6,11,13-14H,7-10,12H2,1-3H3. The Morgan fingerprint density at radius 2 is 2.05 bits per heavy atom. The van der Waals surface area contributed by atoms with Crippen molar-refractivity contribution < 1.29 is 9.47 Å². The first-order valence-corrected chi connectivity index (χ1v) is 7.13. The second-order valence-electron chi connectivity index (χ2n) is 5.53. The van der Waals surface area contributed by atoms with Crippen molar-refractivity contribution in [3.8, 4) is 5.75 Å². The van der Waals surface area contributed by atoms with Gasteiger partial charge in [-0.3, -0.25) is 0 Å². The molecule has 0 saturated carbocycles. The minimum atomic E-state index is 0.0951. The molecule has 1 aliphatic rings. The van der Waals surface area contributed by atoms with Crippen LogP contribution in [0.2, 0.25) is 0 Å². The predicted molar refractivity (Wildman–Crippen MR) is 77.9 cm³/mol. The smallest absolute Gasteiger partial charge is 0.120 e. The van der Waals surface area contributed by atoms with Crippen molar-refractivity contribution in [1.82, 2.24) is 4.90 Å². The number of methoxy groups -OCH3 is 1. The molecule has 3 nitrogen and oxygen atoms in total. The van der Waals surface area contributed by atoms with E-state index >= 15 is 0 Å². The van der Waals surface area contributed by atoms with Crippen molar-refractivity contribution >= 4 is 0 Å². The maximum absolute atomic E-state index is 5.87. The van der Waals surface area contributed by atoms with Crippen LogP contribution in [0, 0.1) is 0 Å². The zero-order valence-electron chi connectivity index (χ0n) is 12.3. The summed E-state index contributed by atoms with van der Waals surface area (Å²) in [6, 6.07) is 8.55. The third-order valence-electron chi connectivity index (χ3n) is 3.79. The molecule has 1 heterocycles. The highest BCUT2D eigenvalue weighted by Gasteiger charge is 2.18. The fourth-order valence-electron chi connectivity index (χ4n) is 2.68. The predicted octanol–water partition coefficient (Wildman–Crippen LogP) is 2.91. The van der Waals surface area contributed by atoms with Crippen LogP contribution in [0.3, 0.4) is 0 Å². The van der Waals surface area contributed by atoms with Crippen LogP contribution in [0.15, 0.2) is 24.3 Å². The molecular formula is C16H25NO2. The summed E-state index contributed by atoms with van der Waals surface area (Å²) in [6.07, 6.45) is 2.58. The average Bonchev–Trinajstić information content (AvgIpc) is 2.40. The molecule has 1 aromatic rings. The van der Waals surface area contributed by atoms with E-state index in [4.69, 9.17) is 9.47 Å². The molecule has 2 rings (SSSR count). The Bertz CT molecular complexity index is 386. The fourth-order valence-corrected chi connectivity index (χ4v) is 2.68. The second-order valence-corrected chi connectivity index (χ2v) is 5.53. The molecule has 0 N–H and O–H groups in total. The number of benzene rings is 1. The summed E-state index contributed by atoms with van der Waals surface area (Å²) >= 11 is 0. The van der Waals surface area contributed by atoms with Gasteiger partial charge in [-0.1, -0.05) is 12.1 Å². The summed E-state index contributed by atoms with van der Waals surface area (Å²) in [5.74, 6) is 1.64. The maximum Gasteiger partial charge on any atom is 0.120 e. The number of ether oxygens (including phenoxy) is 2. The third-order valence-corrected chi connectivity index (χ3v) is 3.79. The first-order chi connectivity index (χ1) is 9.19. The highest BCUT2D eigenvalue weighted by Crippen LogP contribution is 2.29. The molecule has 0 bridgehead atoms. The van der Waals surface area contributed by atoms with Crippen LogP contribution < -0.4 is 4.74 Å². The summed E-state index contributed by atoms with van der Waals surface area (Å²) in [5, 5.41) is 0. The lowest BCUT2D eigenvalue weighted by Gasteiger charge is -2.29. The minimum Gasteiger partial charge on any atom is -0.488 e. The first kappa shape index (κ1) is 14.4. The monoisotopic (exact) mass is 263 g/mol. The Morgan fingerprint density at radius 3 is 2.74 bits per heavy atom. The van der Waals surface area contributed by atoms with Crippen LogP contribution in [0.25, 0.3) is 0 Å². The molecule has 1 atom stereocenters. The summed E-state index contributed by atoms with van der Waals surface area (Å²) < 4.78 is 11.0. The topological polar surface area (TPSA) is 21.7 Å². The highest BCUT2D eigenvalue weighted by molar-refractivity contribution is 5.31. The van der Waals surface area contributed by atoms with Gasteiger partial charge in [0.25, 0.3) is 0 Å². The van der Waals surface area contributed by atoms with E-state index in [0.29, 0.717) is 12.5 Å². The highest BCUT2D eigenvalue weighted by atomic mass is 16.5. The van der Waals surface area contributed by atoms with Crippen molar-refractivity contribution in [2.45, 2.75) is 31.8 Å². The molecule has 106 valence electrons. The summed E-state index contributed by atoms with van der Waals surface area (Å²) in [5.41, 5.74) is 1.41. The van der Waals surface area contributed by atoms with E-state index < -0.39 is 0 Å². The molecule has 0 aromatic heterocycles. The zero-order valence-corrected chi connectivity index (χ0v) is 12.3. The Balaban J connectivity index is 1.98. The van der Waals surface area contributed by atoms with E-state index in [1.54, 1.807) is 7.11 Å². The van der Waals surface area contributed by atoms with E-state index in [9.17, 15) is 0 Å². The quantitative estimate of drug-likeness (QED) is 0.815. The lowest BCUT2D eigenvalue weighted by Crippen LogP contribution is -2.29. The Labute approximate surface area is 116 Å². The number of hydrogen-bond donors (Lipinski definition) is 0. The summed E-state index contributed by atoms with van der Waals surface area (Å²) in [4.78, 5) is 2.40. The van der Waals surface area contributed by atoms with Crippen LogP contribution in [0.1, 0.15) is 31.2 Å². The normalized spacial score (nSPS) is 19.3. The number of likely N-dealkylation sites (tertiary alicyclic amines) is 1. The fraction of sp³-hybridized carbons (Fsp3) is 0.625.